The number of hydrogen-bond donors (Lipinski definition) is 3. The van der Waals surface area contributed by atoms with Crippen LogP contribution in [0.15, 0.2) is 60.7 Å². The lowest BCUT2D eigenvalue weighted by Gasteiger charge is -2.09. The maximum Gasteiger partial charge on any atom is 0.339 e. The van der Waals surface area contributed by atoms with Crippen molar-refractivity contribution >= 4 is 68.4 Å². The number of carboxylic acid groups (broad SMARTS) is 1. The molecule has 1 aromatic heterocycles. The fourth-order valence-electron chi connectivity index (χ4n) is 3.78. The van der Waals surface area contributed by atoms with Crippen LogP contribution < -0.4 is 5.32 Å². The maximum absolute atomic E-state index is 12.5. The quantitative estimate of drug-likeness (QED) is 0.210. The van der Waals surface area contributed by atoms with Crippen LogP contribution in [-0.4, -0.2) is 32.4 Å². The fraction of sp³-hybridized carbons (Fsp3) is 0.0800. The molecule has 1 amide bonds. The number of nitrogens with zero attached hydrogens (tertiary/aromatic N) is 1. The molecule has 0 atom stereocenters. The Morgan fingerprint density at radius 3 is 2.50 bits per heavy atom. The monoisotopic (exact) mass is 588 g/mol. The molecule has 3 N–H and O–H groups in total. The predicted octanol–water partition coefficient (Wildman–Crippen LogP) is 5.26. The molecule has 0 aliphatic rings. The van der Waals surface area contributed by atoms with Gasteiger partial charge in [-0.2, -0.15) is 0 Å². The number of ketones is 1. The molecular weight excluding hydrogens is 571 g/mol. The highest BCUT2D eigenvalue weighted by Crippen LogP contribution is 2.37. The third-order valence-electron chi connectivity index (χ3n) is 5.39. The Hall–Kier alpha value is -3.37. The molecule has 172 valence electrons. The van der Waals surface area contributed by atoms with E-state index in [1.165, 1.54) is 12.1 Å². The zero-order valence-electron chi connectivity index (χ0n) is 17.8. The van der Waals surface area contributed by atoms with Gasteiger partial charge in [0, 0.05) is 39.2 Å². The molecule has 0 aliphatic carbocycles. The Balaban J connectivity index is 1.63. The summed E-state index contributed by atoms with van der Waals surface area (Å²) in [6, 6.07) is 16.7. The lowest BCUT2D eigenvalue weighted by molar-refractivity contribution is -0.134. The molecule has 0 fully saturated rings. The number of carbonyl (C=O) groups excluding carboxylic acids is 2. The molecule has 1 heterocycles. The minimum atomic E-state index is -1.21. The van der Waals surface area contributed by atoms with Crippen LogP contribution in [0.1, 0.15) is 15.9 Å². The first-order valence-electron chi connectivity index (χ1n) is 10.1. The first-order valence-corrected chi connectivity index (χ1v) is 11.5. The average molecular weight is 589 g/mol. The summed E-state index contributed by atoms with van der Waals surface area (Å²) in [6.45, 7) is 0. The molecule has 3 aromatic carbocycles. The van der Waals surface area contributed by atoms with Gasteiger partial charge < -0.3 is 20.1 Å². The predicted molar refractivity (Wildman–Crippen MR) is 138 cm³/mol. The fourth-order valence-corrected chi connectivity index (χ4v) is 5.07. The maximum atomic E-state index is 12.5. The van der Waals surface area contributed by atoms with Crippen molar-refractivity contribution in [1.82, 2.24) is 4.57 Å². The van der Waals surface area contributed by atoms with E-state index >= 15 is 0 Å². The summed E-state index contributed by atoms with van der Waals surface area (Å²) in [5.41, 5.74) is 3.18. The molecule has 0 unspecified atom stereocenters. The molecule has 4 rings (SSSR count). The van der Waals surface area contributed by atoms with Gasteiger partial charge in [-0.15, -0.1) is 0 Å². The molecule has 0 saturated heterocycles. The third-order valence-corrected chi connectivity index (χ3v) is 6.71. The molecular formula is C25H18ClIN2O5. The van der Waals surface area contributed by atoms with Crippen molar-refractivity contribution in [1.29, 1.82) is 0 Å². The number of amides is 1. The third kappa shape index (κ3) is 4.64. The molecule has 0 bridgehead atoms. The van der Waals surface area contributed by atoms with Gasteiger partial charge in [0.1, 0.15) is 11.3 Å². The number of hydrogen-bond acceptors (Lipinski definition) is 4. The summed E-state index contributed by atoms with van der Waals surface area (Å²) in [4.78, 5) is 36.3. The molecule has 0 spiro atoms. The summed E-state index contributed by atoms with van der Waals surface area (Å²) >= 11 is 8.06. The van der Waals surface area contributed by atoms with Gasteiger partial charge in [-0.1, -0.05) is 35.9 Å². The molecule has 7 nitrogen and oxygen atoms in total. The number of aromatic nitrogens is 1. The largest absolute Gasteiger partial charge is 0.507 e. The van der Waals surface area contributed by atoms with E-state index in [0.29, 0.717) is 27.2 Å². The summed E-state index contributed by atoms with van der Waals surface area (Å²) < 4.78 is 2.66. The van der Waals surface area contributed by atoms with Crippen LogP contribution in [0.4, 0.5) is 5.69 Å². The van der Waals surface area contributed by atoms with Crippen LogP contribution in [0.5, 0.6) is 5.75 Å². The van der Waals surface area contributed by atoms with Crippen LogP contribution in [0.25, 0.3) is 22.2 Å². The topological polar surface area (TPSA) is 109 Å². The van der Waals surface area contributed by atoms with Crippen molar-refractivity contribution < 1.29 is 24.6 Å². The molecule has 4 aromatic rings. The number of halogens is 2. The normalized spacial score (nSPS) is 10.9. The van der Waals surface area contributed by atoms with Crippen LogP contribution in [0.3, 0.4) is 0 Å². The van der Waals surface area contributed by atoms with Crippen molar-refractivity contribution in [2.75, 3.05) is 5.32 Å². The molecule has 0 radical (unpaired) electrons. The Morgan fingerprint density at radius 1 is 1.06 bits per heavy atom. The second-order valence-electron chi connectivity index (χ2n) is 7.68. The van der Waals surface area contributed by atoms with Gasteiger partial charge in [-0.3, -0.25) is 9.59 Å². The smallest absolute Gasteiger partial charge is 0.339 e. The van der Waals surface area contributed by atoms with Crippen molar-refractivity contribution in [3.8, 4) is 17.0 Å². The van der Waals surface area contributed by atoms with Crippen LogP contribution in [0.2, 0.25) is 5.02 Å². The van der Waals surface area contributed by atoms with Gasteiger partial charge in [-0.05, 0) is 64.0 Å². The van der Waals surface area contributed by atoms with Gasteiger partial charge in [0.25, 0.3) is 5.91 Å². The van der Waals surface area contributed by atoms with Crippen LogP contribution >= 0.6 is 34.2 Å². The SMILES string of the molecule is Cn1c(-c2cccc(CC(=O)C(=O)Nc3cccc(Cl)c3)c2)c(I)c2cc(C(=O)O)c(O)cc21. The first kappa shape index (κ1) is 23.8. The number of aromatic hydroxyl groups is 1. The second kappa shape index (κ2) is 9.47. The first-order chi connectivity index (χ1) is 16.2. The van der Waals surface area contributed by atoms with Gasteiger partial charge in [0.05, 0.1) is 11.2 Å². The minimum absolute atomic E-state index is 0.0925. The van der Waals surface area contributed by atoms with Gasteiger partial charge in [0.15, 0.2) is 0 Å². The van der Waals surface area contributed by atoms with E-state index in [-0.39, 0.29) is 17.7 Å². The Labute approximate surface area is 213 Å². The molecule has 34 heavy (non-hydrogen) atoms. The summed E-state index contributed by atoms with van der Waals surface area (Å²) in [6.07, 6.45) is -0.0925. The zero-order valence-corrected chi connectivity index (χ0v) is 20.7. The average Bonchev–Trinajstić information content (AvgIpc) is 3.02. The number of carbonyl (C=O) groups is 3. The highest BCUT2D eigenvalue weighted by atomic mass is 127. The van der Waals surface area contributed by atoms with Crippen LogP contribution in [-0.2, 0) is 23.1 Å². The zero-order chi connectivity index (χ0) is 24.6. The van der Waals surface area contributed by atoms with Gasteiger partial charge >= 0.3 is 5.97 Å². The van der Waals surface area contributed by atoms with Crippen molar-refractivity contribution in [3.05, 3.63) is 80.4 Å². The van der Waals surface area contributed by atoms with Crippen molar-refractivity contribution in [3.63, 3.8) is 0 Å². The highest BCUT2D eigenvalue weighted by Gasteiger charge is 2.20. The van der Waals surface area contributed by atoms with Crippen LogP contribution in [0, 0.1) is 3.57 Å². The van der Waals surface area contributed by atoms with Crippen molar-refractivity contribution in [2.45, 2.75) is 6.42 Å². The number of nitrogens with one attached hydrogen (secondary N) is 1. The highest BCUT2D eigenvalue weighted by molar-refractivity contribution is 14.1. The Bertz CT molecular complexity index is 1480. The van der Waals surface area contributed by atoms with E-state index < -0.39 is 17.7 Å². The number of phenols is 1. The van der Waals surface area contributed by atoms with E-state index in [1.807, 2.05) is 23.7 Å². The lowest BCUT2D eigenvalue weighted by atomic mass is 10.0. The number of rotatable bonds is 6. The molecule has 9 heteroatoms. The second-order valence-corrected chi connectivity index (χ2v) is 9.19. The Morgan fingerprint density at radius 2 is 1.79 bits per heavy atom. The van der Waals surface area contributed by atoms with Gasteiger partial charge in [0.2, 0.25) is 5.78 Å². The van der Waals surface area contributed by atoms with E-state index in [0.717, 1.165) is 14.8 Å². The summed E-state index contributed by atoms with van der Waals surface area (Å²) in [5.74, 6) is -2.85. The van der Waals surface area contributed by atoms with E-state index in [2.05, 4.69) is 27.9 Å². The molecule has 0 aliphatic heterocycles. The van der Waals surface area contributed by atoms with Crippen molar-refractivity contribution in [2.24, 2.45) is 7.05 Å². The number of aryl methyl sites for hydroxylation is 1. The van der Waals surface area contributed by atoms with Gasteiger partial charge in [-0.25, -0.2) is 4.79 Å². The number of carboxylic acids is 1. The molecule has 0 saturated carbocycles. The summed E-state index contributed by atoms with van der Waals surface area (Å²) in [5, 5.41) is 23.1. The summed E-state index contributed by atoms with van der Waals surface area (Å²) in [7, 11) is 1.82. The van der Waals surface area contributed by atoms with E-state index in [4.69, 9.17) is 11.6 Å². The van der Waals surface area contributed by atoms with E-state index in [9.17, 15) is 24.6 Å². The number of fused-ring (bicyclic) bond motifs is 1. The lowest BCUT2D eigenvalue weighted by Crippen LogP contribution is -2.24. The minimum Gasteiger partial charge on any atom is -0.507 e. The standard InChI is InChI=1S/C25H18ClIN2O5/c1-29-19-12-20(30)18(25(33)34)11-17(19)22(27)23(29)14-5-2-4-13(8-14)9-21(31)24(32)28-16-7-3-6-15(26)10-16/h2-8,10-12,30H,9H2,1H3,(H,28,32)(H,33,34). The Kier molecular flexibility index (Phi) is 6.63. The number of Topliss-reactive ketones (excluding diaryl/α,β-unsaturated/α-hetero) is 1. The van der Waals surface area contributed by atoms with E-state index in [1.54, 1.807) is 36.4 Å². The number of anilines is 1. The number of aromatic carboxylic acids is 1. The number of benzene rings is 3.